The molecule has 0 aromatic carbocycles. The lowest BCUT2D eigenvalue weighted by Crippen LogP contribution is -2.18. The summed E-state index contributed by atoms with van der Waals surface area (Å²) in [5, 5.41) is 0. The summed E-state index contributed by atoms with van der Waals surface area (Å²) in [7, 11) is -4.25. The second-order valence-electron chi connectivity index (χ2n) is 3.71. The zero-order valence-electron chi connectivity index (χ0n) is 10.4. The van der Waals surface area contributed by atoms with Gasteiger partial charge in [0.1, 0.15) is 0 Å². The first-order valence-corrected chi connectivity index (χ1v) is 7.17. The van der Waals surface area contributed by atoms with E-state index in [9.17, 15) is 13.2 Å². The highest BCUT2D eigenvalue weighted by Crippen LogP contribution is 2.04. The largest absolute Gasteiger partial charge is 0.465 e. The van der Waals surface area contributed by atoms with Crippen molar-refractivity contribution in [2.45, 2.75) is 45.4 Å². The van der Waals surface area contributed by atoms with Crippen molar-refractivity contribution < 1.29 is 22.5 Å². The maximum Gasteiger partial charge on any atom is 0.323 e. The van der Waals surface area contributed by atoms with E-state index in [2.05, 4.69) is 11.7 Å². The molecule has 0 aliphatic carbocycles. The summed E-state index contributed by atoms with van der Waals surface area (Å²) in [5.41, 5.74) is 0. The molecule has 5 nitrogen and oxygen atoms in total. The van der Waals surface area contributed by atoms with Gasteiger partial charge in [-0.05, 0) is 6.42 Å². The lowest BCUT2D eigenvalue weighted by atomic mass is 10.1. The van der Waals surface area contributed by atoms with Gasteiger partial charge in [-0.1, -0.05) is 39.0 Å². The van der Waals surface area contributed by atoms with Crippen molar-refractivity contribution >= 4 is 26.0 Å². The van der Waals surface area contributed by atoms with E-state index in [1.807, 2.05) is 0 Å². The smallest absolute Gasteiger partial charge is 0.323 e. The molecule has 1 atom stereocenters. The maximum atomic E-state index is 10.8. The van der Waals surface area contributed by atoms with E-state index < -0.39 is 21.8 Å². The average Bonchev–Trinajstić information content (AvgIpc) is 2.13. The van der Waals surface area contributed by atoms with Crippen LogP contribution in [0, 0.1) is 0 Å². The van der Waals surface area contributed by atoms with Crippen molar-refractivity contribution in [2.75, 3.05) is 12.4 Å². The van der Waals surface area contributed by atoms with E-state index in [0.29, 0.717) is 0 Å². The van der Waals surface area contributed by atoms with Gasteiger partial charge in [-0.2, -0.15) is 18.3 Å². The Bertz CT molecular complexity index is 289. The van der Waals surface area contributed by atoms with Gasteiger partial charge in [-0.15, -0.1) is 0 Å². The molecular formula is C10H23O5PS. The van der Waals surface area contributed by atoms with Crippen LogP contribution >= 0.6 is 9.90 Å². The Labute approximate surface area is 107 Å². The third-order valence-corrected chi connectivity index (χ3v) is 2.66. The molecule has 0 saturated carbocycles. The molecule has 0 rings (SSSR count). The Kier molecular flexibility index (Phi) is 12.3. The van der Waals surface area contributed by atoms with E-state index in [4.69, 9.17) is 4.55 Å². The average molecular weight is 286 g/mol. The summed E-state index contributed by atoms with van der Waals surface area (Å²) in [6.45, 7) is 2.36. The molecule has 0 spiro atoms. The fourth-order valence-corrected chi connectivity index (χ4v) is 1.64. The first-order chi connectivity index (χ1) is 7.45. The van der Waals surface area contributed by atoms with E-state index >= 15 is 0 Å². The summed E-state index contributed by atoms with van der Waals surface area (Å²) < 4.78 is 33.6. The molecule has 0 amide bonds. The molecule has 0 bridgehead atoms. The first kappa shape index (κ1) is 19.2. The number of esters is 1. The number of hydrogen-bond donors (Lipinski definition) is 1. The fourth-order valence-electron chi connectivity index (χ4n) is 1.26. The molecule has 1 N–H and O–H groups in total. The second-order valence-corrected chi connectivity index (χ2v) is 5.17. The zero-order valence-corrected chi connectivity index (χ0v) is 12.6. The Balaban J connectivity index is 0. The molecular weight excluding hydrogens is 263 g/mol. The SMILES string of the molecule is CCCCCCCCOC(=O)CS(=O)(=O)O.P. The zero-order chi connectivity index (χ0) is 12.4. The van der Waals surface area contributed by atoms with Crippen LogP contribution in [-0.4, -0.2) is 31.3 Å². The summed E-state index contributed by atoms with van der Waals surface area (Å²) in [4.78, 5) is 10.8. The van der Waals surface area contributed by atoms with Crippen molar-refractivity contribution in [3.63, 3.8) is 0 Å². The second kappa shape index (κ2) is 10.9. The molecule has 0 heterocycles. The number of carbonyl (C=O) groups is 1. The summed E-state index contributed by atoms with van der Waals surface area (Å²) >= 11 is 0. The van der Waals surface area contributed by atoms with Crippen LogP contribution in [0.25, 0.3) is 0 Å². The van der Waals surface area contributed by atoms with Crippen LogP contribution in [0.4, 0.5) is 0 Å². The first-order valence-electron chi connectivity index (χ1n) is 5.56. The van der Waals surface area contributed by atoms with Crippen LogP contribution < -0.4 is 0 Å². The lowest BCUT2D eigenvalue weighted by Gasteiger charge is -2.03. The molecule has 0 aromatic heterocycles. The molecule has 1 unspecified atom stereocenters. The van der Waals surface area contributed by atoms with Gasteiger partial charge in [0.25, 0.3) is 10.1 Å². The van der Waals surface area contributed by atoms with Crippen LogP contribution in [-0.2, 0) is 19.6 Å². The minimum Gasteiger partial charge on any atom is -0.465 e. The third-order valence-electron chi connectivity index (χ3n) is 2.06. The Morgan fingerprint density at radius 2 is 1.65 bits per heavy atom. The highest BCUT2D eigenvalue weighted by atomic mass is 32.2. The van der Waals surface area contributed by atoms with Crippen molar-refractivity contribution in [1.29, 1.82) is 0 Å². The number of ether oxygens (including phenoxy) is 1. The van der Waals surface area contributed by atoms with Gasteiger partial charge in [0.2, 0.25) is 0 Å². The predicted molar refractivity (Wildman–Crippen MR) is 71.9 cm³/mol. The van der Waals surface area contributed by atoms with Crippen molar-refractivity contribution in [3.05, 3.63) is 0 Å². The minimum atomic E-state index is -4.25. The molecule has 0 saturated heterocycles. The number of rotatable bonds is 9. The maximum absolute atomic E-state index is 10.8. The van der Waals surface area contributed by atoms with E-state index in [0.717, 1.165) is 19.3 Å². The Morgan fingerprint density at radius 3 is 2.18 bits per heavy atom. The highest BCUT2D eigenvalue weighted by molar-refractivity contribution is 7.86. The highest BCUT2D eigenvalue weighted by Gasteiger charge is 2.13. The third kappa shape index (κ3) is 15.8. The topological polar surface area (TPSA) is 80.7 Å². The quantitative estimate of drug-likeness (QED) is 0.303. The van der Waals surface area contributed by atoms with Gasteiger partial charge in [-0.3, -0.25) is 9.35 Å². The number of hydrogen-bond acceptors (Lipinski definition) is 4. The Morgan fingerprint density at radius 1 is 1.12 bits per heavy atom. The van der Waals surface area contributed by atoms with Crippen molar-refractivity contribution in [2.24, 2.45) is 0 Å². The fraction of sp³-hybridized carbons (Fsp3) is 0.900. The van der Waals surface area contributed by atoms with Crippen molar-refractivity contribution in [3.8, 4) is 0 Å². The summed E-state index contributed by atoms with van der Waals surface area (Å²) in [5.74, 6) is -1.85. The van der Waals surface area contributed by atoms with Gasteiger partial charge in [0, 0.05) is 0 Å². The predicted octanol–water partition coefficient (Wildman–Crippen LogP) is 1.84. The molecule has 0 fully saturated rings. The van der Waals surface area contributed by atoms with Gasteiger partial charge >= 0.3 is 5.97 Å². The molecule has 0 aliphatic heterocycles. The van der Waals surface area contributed by atoms with E-state index in [1.54, 1.807) is 0 Å². The monoisotopic (exact) mass is 286 g/mol. The minimum absolute atomic E-state index is 0. The molecule has 0 radical (unpaired) electrons. The summed E-state index contributed by atoms with van der Waals surface area (Å²) in [6, 6.07) is 0. The molecule has 0 aromatic rings. The van der Waals surface area contributed by atoms with Crippen LogP contribution in [0.1, 0.15) is 45.4 Å². The van der Waals surface area contributed by atoms with Crippen LogP contribution in [0.2, 0.25) is 0 Å². The van der Waals surface area contributed by atoms with Crippen LogP contribution in [0.3, 0.4) is 0 Å². The molecule has 0 aliphatic rings. The molecule has 104 valence electrons. The lowest BCUT2D eigenvalue weighted by molar-refractivity contribution is -0.140. The molecule has 7 heteroatoms. The Hall–Kier alpha value is -0.190. The van der Waals surface area contributed by atoms with Gasteiger partial charge in [0.15, 0.2) is 5.75 Å². The standard InChI is InChI=1S/C10H20O5S.H3P/c1-2-3-4-5-6-7-8-15-10(11)9-16(12,13)14;/h2-9H2,1H3,(H,12,13,14);1H3. The number of carbonyl (C=O) groups excluding carboxylic acids is 1. The number of unbranched alkanes of at least 4 members (excludes halogenated alkanes) is 5. The van der Waals surface area contributed by atoms with E-state index in [-0.39, 0.29) is 16.5 Å². The van der Waals surface area contributed by atoms with Gasteiger partial charge in [0.05, 0.1) is 6.61 Å². The van der Waals surface area contributed by atoms with E-state index in [1.165, 1.54) is 19.3 Å². The van der Waals surface area contributed by atoms with Crippen LogP contribution in [0.15, 0.2) is 0 Å². The normalized spacial score (nSPS) is 10.7. The van der Waals surface area contributed by atoms with Crippen molar-refractivity contribution in [1.82, 2.24) is 0 Å². The molecule has 17 heavy (non-hydrogen) atoms. The van der Waals surface area contributed by atoms with Gasteiger partial charge < -0.3 is 4.74 Å². The van der Waals surface area contributed by atoms with Gasteiger partial charge in [-0.25, -0.2) is 0 Å². The summed E-state index contributed by atoms with van der Waals surface area (Å²) in [6.07, 6.45) is 6.38. The van der Waals surface area contributed by atoms with Crippen LogP contribution in [0.5, 0.6) is 0 Å².